The molecule has 1 aromatic heterocycles. The third kappa shape index (κ3) is 1.93. The topological polar surface area (TPSA) is 84.5 Å². The van der Waals surface area contributed by atoms with Crippen molar-refractivity contribution in [2.75, 3.05) is 6.54 Å². The van der Waals surface area contributed by atoms with E-state index in [0.717, 1.165) is 0 Å². The van der Waals surface area contributed by atoms with Crippen LogP contribution in [0.4, 0.5) is 0 Å². The van der Waals surface area contributed by atoms with Crippen LogP contribution in [-0.4, -0.2) is 22.4 Å². The summed E-state index contributed by atoms with van der Waals surface area (Å²) >= 11 is 4.71. The molecule has 5 nitrogen and oxygen atoms in total. The second kappa shape index (κ2) is 3.69. The number of hydrogen-bond acceptors (Lipinski definition) is 3. The van der Waals surface area contributed by atoms with E-state index in [4.69, 9.17) is 17.5 Å². The molecular weight excluding hydrogens is 176 g/mol. The Labute approximate surface area is 73.4 Å². The van der Waals surface area contributed by atoms with E-state index < -0.39 is 0 Å². The van der Waals surface area contributed by atoms with Crippen molar-refractivity contribution in [3.63, 3.8) is 0 Å². The van der Waals surface area contributed by atoms with Crippen LogP contribution in [0.3, 0.4) is 0 Å². The Kier molecular flexibility index (Phi) is 2.61. The lowest BCUT2D eigenvalue weighted by atomic mass is 10.4. The van der Waals surface area contributed by atoms with E-state index in [1.807, 2.05) is 0 Å². The zero-order valence-electron chi connectivity index (χ0n) is 6.05. The fraction of sp³-hybridized carbons (Fsp3) is 0.167. The molecular formula is C6H6N4OS. The number of nitrogens with one attached hydrogen (secondary N) is 3. The van der Waals surface area contributed by atoms with Gasteiger partial charge in [0.1, 0.15) is 12.2 Å². The van der Waals surface area contributed by atoms with Gasteiger partial charge in [0.25, 0.3) is 5.91 Å². The predicted molar refractivity (Wildman–Crippen MR) is 43.9 cm³/mol. The highest BCUT2D eigenvalue weighted by atomic mass is 32.1. The minimum atomic E-state index is -0.344. The molecule has 62 valence electrons. The maximum atomic E-state index is 11.1. The number of aromatic nitrogens is 2. The van der Waals surface area contributed by atoms with E-state index >= 15 is 0 Å². The molecule has 1 amide bonds. The molecule has 6 heteroatoms. The number of hydrogen-bond donors (Lipinski definition) is 3. The molecule has 0 aliphatic heterocycles. The minimum absolute atomic E-state index is 0.00931. The highest BCUT2D eigenvalue weighted by Crippen LogP contribution is 1.91. The molecule has 3 N–H and O–H groups in total. The van der Waals surface area contributed by atoms with Crippen molar-refractivity contribution >= 4 is 18.1 Å². The average molecular weight is 182 g/mol. The number of H-pyrrole nitrogens is 2. The number of aromatic amines is 2. The summed E-state index contributed by atoms with van der Waals surface area (Å²) in [5.41, 5.74) is 0.329. The molecule has 0 atom stereocenters. The standard InChI is InChI=1S/C6H6N4OS/c7-1-2-8-5(11)4-3-9-6(12)10-4/h3H,2H2,(H,8,11)(H2,9,10,12). The summed E-state index contributed by atoms with van der Waals surface area (Å²) in [6, 6.07) is 1.79. The van der Waals surface area contributed by atoms with Gasteiger partial charge < -0.3 is 15.3 Å². The zero-order valence-corrected chi connectivity index (χ0v) is 6.86. The van der Waals surface area contributed by atoms with Gasteiger partial charge in [-0.25, -0.2) is 0 Å². The van der Waals surface area contributed by atoms with Crippen LogP contribution >= 0.6 is 12.2 Å². The molecule has 0 radical (unpaired) electrons. The van der Waals surface area contributed by atoms with Gasteiger partial charge in [-0.1, -0.05) is 0 Å². The second-order valence-electron chi connectivity index (χ2n) is 2.00. The Morgan fingerprint density at radius 1 is 1.83 bits per heavy atom. The van der Waals surface area contributed by atoms with Crippen LogP contribution in [0, 0.1) is 16.1 Å². The molecule has 1 rings (SSSR count). The molecule has 0 aromatic carbocycles. The van der Waals surface area contributed by atoms with Crippen LogP contribution in [0.15, 0.2) is 6.20 Å². The predicted octanol–water partition coefficient (Wildman–Crippen LogP) is 0.326. The molecule has 0 saturated heterocycles. The first-order valence-electron chi connectivity index (χ1n) is 3.17. The van der Waals surface area contributed by atoms with Crippen molar-refractivity contribution < 1.29 is 4.79 Å². The van der Waals surface area contributed by atoms with Crippen LogP contribution in [0.2, 0.25) is 0 Å². The Morgan fingerprint density at radius 3 is 3.08 bits per heavy atom. The van der Waals surface area contributed by atoms with E-state index in [-0.39, 0.29) is 12.5 Å². The summed E-state index contributed by atoms with van der Waals surface area (Å²) in [6.07, 6.45) is 1.45. The van der Waals surface area contributed by atoms with Gasteiger partial charge in [-0.3, -0.25) is 4.79 Å². The SMILES string of the molecule is N#CCNC(=O)c1c[nH]c(=S)[nH]1. The van der Waals surface area contributed by atoms with Crippen molar-refractivity contribution in [1.82, 2.24) is 15.3 Å². The Balaban J connectivity index is 2.67. The van der Waals surface area contributed by atoms with Crippen molar-refractivity contribution in [3.05, 3.63) is 16.7 Å². The monoisotopic (exact) mass is 182 g/mol. The molecule has 12 heavy (non-hydrogen) atoms. The molecule has 0 unspecified atom stereocenters. The maximum absolute atomic E-state index is 11.1. The highest BCUT2D eigenvalue weighted by Gasteiger charge is 2.04. The molecule has 0 spiro atoms. The molecule has 1 aromatic rings. The van der Waals surface area contributed by atoms with Gasteiger partial charge in [0.15, 0.2) is 4.77 Å². The number of nitriles is 1. The van der Waals surface area contributed by atoms with Gasteiger partial charge in [0.05, 0.1) is 6.07 Å². The van der Waals surface area contributed by atoms with Crippen LogP contribution < -0.4 is 5.32 Å². The number of carbonyl (C=O) groups is 1. The Hall–Kier alpha value is -1.61. The summed E-state index contributed by atoms with van der Waals surface area (Å²) in [5, 5.41) is 10.5. The lowest BCUT2D eigenvalue weighted by Crippen LogP contribution is -2.23. The van der Waals surface area contributed by atoms with Crippen LogP contribution in [0.5, 0.6) is 0 Å². The van der Waals surface area contributed by atoms with Crippen molar-refractivity contribution in [2.24, 2.45) is 0 Å². The highest BCUT2D eigenvalue weighted by molar-refractivity contribution is 7.71. The molecule has 1 heterocycles. The normalized spacial score (nSPS) is 8.92. The summed E-state index contributed by atoms with van der Waals surface area (Å²) in [5.74, 6) is -0.344. The number of imidazole rings is 1. The third-order valence-corrected chi connectivity index (χ3v) is 1.39. The van der Waals surface area contributed by atoms with Gasteiger partial charge in [-0.15, -0.1) is 0 Å². The second-order valence-corrected chi connectivity index (χ2v) is 2.41. The minimum Gasteiger partial charge on any atom is -0.338 e. The van der Waals surface area contributed by atoms with E-state index in [2.05, 4.69) is 15.3 Å². The fourth-order valence-corrected chi connectivity index (χ4v) is 0.838. The summed E-state index contributed by atoms with van der Waals surface area (Å²) in [7, 11) is 0. The summed E-state index contributed by atoms with van der Waals surface area (Å²) in [6.45, 7) is -0.00931. The lowest BCUT2D eigenvalue weighted by Gasteiger charge is -1.94. The van der Waals surface area contributed by atoms with E-state index in [1.165, 1.54) is 6.20 Å². The largest absolute Gasteiger partial charge is 0.338 e. The third-order valence-electron chi connectivity index (χ3n) is 1.17. The van der Waals surface area contributed by atoms with Gasteiger partial charge in [0.2, 0.25) is 0 Å². The smallest absolute Gasteiger partial charge is 0.270 e. The van der Waals surface area contributed by atoms with Crippen LogP contribution in [0.25, 0.3) is 0 Å². The molecule has 0 bridgehead atoms. The van der Waals surface area contributed by atoms with E-state index in [0.29, 0.717) is 10.5 Å². The van der Waals surface area contributed by atoms with Gasteiger partial charge >= 0.3 is 0 Å². The maximum Gasteiger partial charge on any atom is 0.270 e. The van der Waals surface area contributed by atoms with E-state index in [9.17, 15) is 4.79 Å². The molecule has 0 aliphatic carbocycles. The number of rotatable bonds is 2. The zero-order chi connectivity index (χ0) is 8.97. The van der Waals surface area contributed by atoms with Crippen LogP contribution in [0.1, 0.15) is 10.5 Å². The fourth-order valence-electron chi connectivity index (χ4n) is 0.670. The summed E-state index contributed by atoms with van der Waals surface area (Å²) in [4.78, 5) is 16.3. The number of carbonyl (C=O) groups excluding carboxylic acids is 1. The average Bonchev–Trinajstić information content (AvgIpc) is 2.47. The first kappa shape index (κ1) is 8.49. The van der Waals surface area contributed by atoms with Crippen molar-refractivity contribution in [1.29, 1.82) is 5.26 Å². The van der Waals surface area contributed by atoms with Crippen LogP contribution in [-0.2, 0) is 0 Å². The quantitative estimate of drug-likeness (QED) is 0.455. The first-order valence-corrected chi connectivity index (χ1v) is 3.57. The summed E-state index contributed by atoms with van der Waals surface area (Å²) < 4.78 is 0.386. The lowest BCUT2D eigenvalue weighted by molar-refractivity contribution is 0.0954. The molecule has 0 saturated carbocycles. The number of amides is 1. The van der Waals surface area contributed by atoms with Gasteiger partial charge in [0, 0.05) is 6.20 Å². The van der Waals surface area contributed by atoms with E-state index in [1.54, 1.807) is 6.07 Å². The number of nitrogens with zero attached hydrogens (tertiary/aromatic N) is 1. The molecule has 0 fully saturated rings. The first-order chi connectivity index (χ1) is 5.74. The molecule has 0 aliphatic rings. The van der Waals surface area contributed by atoms with Gasteiger partial charge in [-0.05, 0) is 12.2 Å². The Morgan fingerprint density at radius 2 is 2.58 bits per heavy atom. The van der Waals surface area contributed by atoms with Crippen molar-refractivity contribution in [3.8, 4) is 6.07 Å². The Bertz CT molecular complexity index is 371. The van der Waals surface area contributed by atoms with Crippen molar-refractivity contribution in [2.45, 2.75) is 0 Å². The van der Waals surface area contributed by atoms with Gasteiger partial charge in [-0.2, -0.15) is 5.26 Å².